The zero-order chi connectivity index (χ0) is 5.70. The van der Waals surface area contributed by atoms with Crippen molar-refractivity contribution in [2.45, 2.75) is 13.2 Å². The highest BCUT2D eigenvalue weighted by Crippen LogP contribution is 1.75. The smallest absolute Gasteiger partial charge is 0.304 e. The van der Waals surface area contributed by atoms with Gasteiger partial charge in [0.1, 0.15) is 0 Å². The van der Waals surface area contributed by atoms with Crippen molar-refractivity contribution in [3.8, 4) is 0 Å². The Kier molecular flexibility index (Phi) is 4.14. The first-order valence-electron chi connectivity index (χ1n) is 2.69. The molecule has 2 nitrogen and oxygen atoms in total. The Morgan fingerprint density at radius 2 is 1.71 bits per heavy atom. The van der Waals surface area contributed by atoms with Gasteiger partial charge >= 0.3 is 6.98 Å². The van der Waals surface area contributed by atoms with Crippen LogP contribution < -0.4 is 10.5 Å². The van der Waals surface area contributed by atoms with E-state index in [1.807, 2.05) is 14.1 Å². The Morgan fingerprint density at radius 3 is 1.71 bits per heavy atom. The zero-order valence-electron chi connectivity index (χ0n) is 5.28. The third-order valence-corrected chi connectivity index (χ3v) is 1.11. The van der Waals surface area contributed by atoms with Gasteiger partial charge < -0.3 is 10.5 Å². The molecular formula is C4H13BN2. The average molecular weight is 100.0 g/mol. The SMILES string of the molecule is CCB(NC)NC. The van der Waals surface area contributed by atoms with Gasteiger partial charge in [0.05, 0.1) is 0 Å². The largest absolute Gasteiger partial charge is 0.345 e. The van der Waals surface area contributed by atoms with Gasteiger partial charge in [-0.2, -0.15) is 0 Å². The van der Waals surface area contributed by atoms with E-state index in [0.29, 0.717) is 6.98 Å². The molecule has 0 radical (unpaired) electrons. The molecule has 0 fully saturated rings. The van der Waals surface area contributed by atoms with E-state index in [0.717, 1.165) is 6.32 Å². The molecule has 0 aromatic heterocycles. The zero-order valence-corrected chi connectivity index (χ0v) is 5.28. The van der Waals surface area contributed by atoms with Gasteiger partial charge in [-0.25, -0.2) is 0 Å². The van der Waals surface area contributed by atoms with E-state index >= 15 is 0 Å². The van der Waals surface area contributed by atoms with Crippen molar-refractivity contribution in [1.82, 2.24) is 10.5 Å². The topological polar surface area (TPSA) is 24.1 Å². The van der Waals surface area contributed by atoms with E-state index in [1.54, 1.807) is 0 Å². The van der Waals surface area contributed by atoms with Crippen molar-refractivity contribution in [2.75, 3.05) is 14.1 Å². The average Bonchev–Trinajstić information content (AvgIpc) is 1.72. The molecule has 3 heteroatoms. The van der Waals surface area contributed by atoms with Crippen LogP contribution in [-0.4, -0.2) is 21.1 Å². The molecular weight excluding hydrogens is 86.9 g/mol. The molecule has 0 aromatic carbocycles. The van der Waals surface area contributed by atoms with Crippen molar-refractivity contribution in [2.24, 2.45) is 0 Å². The second-order valence-corrected chi connectivity index (χ2v) is 1.54. The molecule has 42 valence electrons. The van der Waals surface area contributed by atoms with Gasteiger partial charge in [-0.05, 0) is 20.4 Å². The highest BCUT2D eigenvalue weighted by atomic mass is 14.9. The molecule has 7 heavy (non-hydrogen) atoms. The molecule has 0 amide bonds. The number of hydrogen-bond acceptors (Lipinski definition) is 2. The molecule has 0 bridgehead atoms. The molecule has 2 N–H and O–H groups in total. The van der Waals surface area contributed by atoms with Crippen LogP contribution >= 0.6 is 0 Å². The van der Waals surface area contributed by atoms with Crippen LogP contribution in [-0.2, 0) is 0 Å². The third-order valence-electron chi connectivity index (χ3n) is 1.11. The Labute approximate surface area is 45.8 Å². The summed E-state index contributed by atoms with van der Waals surface area (Å²) in [6, 6.07) is 0. The number of rotatable bonds is 3. The molecule has 0 rings (SSSR count). The quantitative estimate of drug-likeness (QED) is 0.485. The highest BCUT2D eigenvalue weighted by molar-refractivity contribution is 6.52. The van der Waals surface area contributed by atoms with Gasteiger partial charge in [0.25, 0.3) is 0 Å². The number of nitrogens with one attached hydrogen (secondary N) is 2. The van der Waals surface area contributed by atoms with Gasteiger partial charge in [0.15, 0.2) is 0 Å². The van der Waals surface area contributed by atoms with Gasteiger partial charge in [0.2, 0.25) is 0 Å². The number of hydrogen-bond donors (Lipinski definition) is 2. The van der Waals surface area contributed by atoms with Crippen molar-refractivity contribution >= 4 is 6.98 Å². The molecule has 0 aliphatic heterocycles. The summed E-state index contributed by atoms with van der Waals surface area (Å²) in [5, 5.41) is 6.18. The summed E-state index contributed by atoms with van der Waals surface area (Å²) in [6.45, 7) is 2.62. The second kappa shape index (κ2) is 4.15. The van der Waals surface area contributed by atoms with Gasteiger partial charge in [-0.3, -0.25) is 0 Å². The van der Waals surface area contributed by atoms with E-state index < -0.39 is 0 Å². The minimum atomic E-state index is 0.486. The first-order chi connectivity index (χ1) is 3.35. The highest BCUT2D eigenvalue weighted by Gasteiger charge is 2.01. The van der Waals surface area contributed by atoms with Gasteiger partial charge in [-0.15, -0.1) is 0 Å². The van der Waals surface area contributed by atoms with Crippen LogP contribution in [0.5, 0.6) is 0 Å². The Morgan fingerprint density at radius 1 is 1.29 bits per heavy atom. The van der Waals surface area contributed by atoms with Gasteiger partial charge in [0, 0.05) is 0 Å². The molecule has 0 aromatic rings. The summed E-state index contributed by atoms with van der Waals surface area (Å²) in [5.74, 6) is 0. The van der Waals surface area contributed by atoms with Crippen LogP contribution in [0.15, 0.2) is 0 Å². The maximum Gasteiger partial charge on any atom is 0.304 e. The van der Waals surface area contributed by atoms with Crippen molar-refractivity contribution in [3.05, 3.63) is 0 Å². The van der Waals surface area contributed by atoms with Crippen molar-refractivity contribution in [3.63, 3.8) is 0 Å². The molecule has 0 spiro atoms. The Balaban J connectivity index is 2.99. The van der Waals surface area contributed by atoms with Crippen molar-refractivity contribution in [1.29, 1.82) is 0 Å². The van der Waals surface area contributed by atoms with Crippen LogP contribution in [0.4, 0.5) is 0 Å². The Hall–Kier alpha value is -0.0151. The summed E-state index contributed by atoms with van der Waals surface area (Å²) in [7, 11) is 3.90. The summed E-state index contributed by atoms with van der Waals surface area (Å²) >= 11 is 0. The predicted molar refractivity (Wildman–Crippen MR) is 34.4 cm³/mol. The molecule has 0 saturated heterocycles. The third kappa shape index (κ3) is 2.65. The molecule has 0 heterocycles. The lowest BCUT2D eigenvalue weighted by Gasteiger charge is -2.04. The molecule has 0 aliphatic carbocycles. The molecule has 0 saturated carbocycles. The minimum Gasteiger partial charge on any atom is -0.345 e. The monoisotopic (exact) mass is 100 g/mol. The van der Waals surface area contributed by atoms with Crippen LogP contribution in [0.2, 0.25) is 6.32 Å². The standard InChI is InChI=1S/C4H13BN2/c1-4-5(6-2)7-3/h6-7H,4H2,1-3H3. The lowest BCUT2D eigenvalue weighted by atomic mass is 9.74. The maximum absolute atomic E-state index is 3.09. The lowest BCUT2D eigenvalue weighted by molar-refractivity contribution is 1.04. The van der Waals surface area contributed by atoms with E-state index in [4.69, 9.17) is 0 Å². The fraction of sp³-hybridized carbons (Fsp3) is 1.00. The second-order valence-electron chi connectivity index (χ2n) is 1.54. The summed E-state index contributed by atoms with van der Waals surface area (Å²) < 4.78 is 0. The van der Waals surface area contributed by atoms with Crippen molar-refractivity contribution < 1.29 is 0 Å². The van der Waals surface area contributed by atoms with E-state index in [2.05, 4.69) is 17.4 Å². The Bertz CT molecular complexity index is 31.2. The van der Waals surface area contributed by atoms with Crippen LogP contribution in [0.25, 0.3) is 0 Å². The van der Waals surface area contributed by atoms with E-state index in [9.17, 15) is 0 Å². The first kappa shape index (κ1) is 6.98. The van der Waals surface area contributed by atoms with Gasteiger partial charge in [-0.1, -0.05) is 6.92 Å². The lowest BCUT2D eigenvalue weighted by Crippen LogP contribution is -2.42. The first-order valence-corrected chi connectivity index (χ1v) is 2.69. The normalized spacial score (nSPS) is 9.00. The van der Waals surface area contributed by atoms with Crippen LogP contribution in [0.1, 0.15) is 6.92 Å². The maximum atomic E-state index is 3.09. The van der Waals surface area contributed by atoms with Crippen LogP contribution in [0.3, 0.4) is 0 Å². The summed E-state index contributed by atoms with van der Waals surface area (Å²) in [4.78, 5) is 0. The fourth-order valence-corrected chi connectivity index (χ4v) is 0.553. The summed E-state index contributed by atoms with van der Waals surface area (Å²) in [6.07, 6.45) is 1.13. The molecule has 0 atom stereocenters. The molecule has 0 aliphatic rings. The van der Waals surface area contributed by atoms with E-state index in [1.165, 1.54) is 0 Å². The predicted octanol–water partition coefficient (Wildman–Crippen LogP) is -0.0667. The fourth-order valence-electron chi connectivity index (χ4n) is 0.553. The minimum absolute atomic E-state index is 0.486. The summed E-state index contributed by atoms with van der Waals surface area (Å²) in [5.41, 5.74) is 0. The molecule has 0 unspecified atom stereocenters. The van der Waals surface area contributed by atoms with Crippen LogP contribution in [0, 0.1) is 0 Å². The van der Waals surface area contributed by atoms with E-state index in [-0.39, 0.29) is 0 Å².